The molecular formula is C38H45F2N11O5S2. The van der Waals surface area contributed by atoms with Gasteiger partial charge < -0.3 is 25.0 Å². The van der Waals surface area contributed by atoms with E-state index in [0.717, 1.165) is 31.4 Å². The summed E-state index contributed by atoms with van der Waals surface area (Å²) in [5, 5.41) is 29.4. The van der Waals surface area contributed by atoms with E-state index in [1.165, 1.54) is 72.9 Å². The second kappa shape index (κ2) is 19.7. The molecule has 4 heterocycles. The van der Waals surface area contributed by atoms with Gasteiger partial charge in [0.2, 0.25) is 0 Å². The minimum Gasteiger partial charge on any atom is -0.381 e. The largest absolute Gasteiger partial charge is 0.381 e. The molecule has 3 aromatic carbocycles. The third-order valence-electron chi connectivity index (χ3n) is 9.02. The van der Waals surface area contributed by atoms with Gasteiger partial charge in [0.25, 0.3) is 0 Å². The van der Waals surface area contributed by atoms with Gasteiger partial charge in [0.15, 0.2) is 15.7 Å². The topological polar surface area (TPSA) is 183 Å². The van der Waals surface area contributed by atoms with Crippen LogP contribution in [0.5, 0.6) is 0 Å². The Morgan fingerprint density at radius 1 is 0.914 bits per heavy atom. The molecular weight excluding hydrogens is 793 g/mol. The van der Waals surface area contributed by atoms with Crippen molar-refractivity contribution in [3.05, 3.63) is 131 Å². The Hall–Kier alpha value is -5.57. The molecule has 0 spiro atoms. The van der Waals surface area contributed by atoms with E-state index in [-0.39, 0.29) is 42.5 Å². The molecule has 1 aliphatic rings. The summed E-state index contributed by atoms with van der Waals surface area (Å²) >= 11 is 1.87. The summed E-state index contributed by atoms with van der Waals surface area (Å²) < 4.78 is 53.8. The minimum absolute atomic E-state index is 0.0363. The number of nitrogens with zero attached hydrogens (tertiary/aromatic N) is 11. The lowest BCUT2D eigenvalue weighted by atomic mass is 9.93. The molecule has 0 bridgehead atoms. The molecule has 0 amide bonds. The van der Waals surface area contributed by atoms with Crippen LogP contribution in [0.2, 0.25) is 0 Å². The molecule has 0 saturated carbocycles. The van der Waals surface area contributed by atoms with Crippen molar-refractivity contribution in [3.63, 3.8) is 0 Å². The van der Waals surface area contributed by atoms with Gasteiger partial charge in [0.05, 0.1) is 30.2 Å². The second-order valence-corrected chi connectivity index (χ2v) is 17.1. The molecule has 3 aromatic heterocycles. The fraction of sp³-hybridized carbons (Fsp3) is 0.342. The average Bonchev–Trinajstić information content (AvgIpc) is 3.98. The zero-order valence-corrected chi connectivity index (χ0v) is 34.1. The van der Waals surface area contributed by atoms with Crippen LogP contribution in [-0.2, 0) is 35.1 Å². The number of nitro groups is 1. The summed E-state index contributed by atoms with van der Waals surface area (Å²) in [5.41, 5.74) is 0.934. The minimum atomic E-state index is -3.13. The molecule has 1 aliphatic heterocycles. The number of aryl methyl sites for hydroxylation is 1. The van der Waals surface area contributed by atoms with E-state index in [2.05, 4.69) is 97.6 Å². The van der Waals surface area contributed by atoms with Crippen molar-refractivity contribution >= 4 is 38.8 Å². The lowest BCUT2D eigenvalue weighted by molar-refractivity contribution is -0.392. The summed E-state index contributed by atoms with van der Waals surface area (Å²) in [6, 6.07) is 20.4. The highest BCUT2D eigenvalue weighted by Crippen LogP contribution is 2.47. The molecule has 58 heavy (non-hydrogen) atoms. The number of hydrogen-bond acceptors (Lipinski definition) is 13. The summed E-state index contributed by atoms with van der Waals surface area (Å²) in [5.74, 6) is -1.37. The molecule has 0 saturated heterocycles. The summed E-state index contributed by atoms with van der Waals surface area (Å²) in [7, 11) is 1.14. The number of anilines is 2. The van der Waals surface area contributed by atoms with Gasteiger partial charge in [-0.1, -0.05) is 49.0 Å². The fourth-order valence-electron chi connectivity index (χ4n) is 6.07. The van der Waals surface area contributed by atoms with Crippen molar-refractivity contribution in [2.75, 3.05) is 43.6 Å². The number of hydrogen-bond donors (Lipinski definition) is 1. The molecule has 0 fully saturated rings. The lowest BCUT2D eigenvalue weighted by Crippen LogP contribution is -2.37. The standard InChI is InChI=1S/C17H20N2S.C13H12F2N6O.C8H13N3O4S/c1-18(2)12-7-13-19-14-8-3-5-10-16(14)20-17-11-6-4-9-15(17)19;14-10-1-2-11(12(15)3-10)13(22,4-20-8-16-6-18-20)5-21-9-17-7-19-21;1-3-16(14,15)5-4-10-7(2)9-6-8(10)11(12)13/h3-6,8-11H,7,12-13H2,1-2H3;1-3,6-9,22H,4-5H2;6H,3-5H2,1-2H3. The maximum Gasteiger partial charge on any atom is 0.342 e. The van der Waals surface area contributed by atoms with Gasteiger partial charge in [-0.25, -0.2) is 46.1 Å². The van der Waals surface area contributed by atoms with E-state index in [9.17, 15) is 32.4 Å². The zero-order valence-electron chi connectivity index (χ0n) is 32.5. The third kappa shape index (κ3) is 11.5. The quantitative estimate of drug-likeness (QED) is 0.107. The van der Waals surface area contributed by atoms with Crippen LogP contribution in [0.1, 0.15) is 24.7 Å². The molecule has 308 valence electrons. The Morgan fingerprint density at radius 2 is 1.50 bits per heavy atom. The first-order valence-electron chi connectivity index (χ1n) is 18.2. The molecule has 16 nitrogen and oxygen atoms in total. The van der Waals surface area contributed by atoms with E-state index in [4.69, 9.17) is 0 Å². The molecule has 0 unspecified atom stereocenters. The van der Waals surface area contributed by atoms with Gasteiger partial charge in [-0.3, -0.25) is 0 Å². The van der Waals surface area contributed by atoms with Crippen molar-refractivity contribution in [1.82, 2.24) is 44.0 Å². The SMILES string of the molecule is CCS(=O)(=O)CCn1c([N+](=O)[O-])cnc1C.CN(C)CCCN1c2ccccc2Sc2ccccc21.OC(Cn1cncn1)(Cn1cncn1)c1ccc(F)cc1F. The van der Waals surface area contributed by atoms with E-state index in [1.807, 2.05) is 11.8 Å². The Labute approximate surface area is 339 Å². The molecule has 0 aliphatic carbocycles. The Balaban J connectivity index is 0.000000168. The second-order valence-electron chi connectivity index (χ2n) is 13.5. The van der Waals surface area contributed by atoms with Crippen molar-refractivity contribution in [2.45, 2.75) is 55.3 Å². The number of benzene rings is 3. The van der Waals surface area contributed by atoms with Gasteiger partial charge in [0.1, 0.15) is 55.3 Å². The van der Waals surface area contributed by atoms with Crippen LogP contribution in [0.3, 0.4) is 0 Å². The van der Waals surface area contributed by atoms with Gasteiger partial charge in [-0.15, -0.1) is 0 Å². The average molecular weight is 838 g/mol. The van der Waals surface area contributed by atoms with E-state index < -0.39 is 32.0 Å². The van der Waals surface area contributed by atoms with E-state index in [1.54, 1.807) is 13.8 Å². The smallest absolute Gasteiger partial charge is 0.342 e. The highest BCUT2D eigenvalue weighted by molar-refractivity contribution is 7.99. The van der Waals surface area contributed by atoms with Crippen LogP contribution in [-0.4, -0.2) is 101 Å². The Kier molecular flexibility index (Phi) is 14.8. The molecule has 0 atom stereocenters. The predicted octanol–water partition coefficient (Wildman–Crippen LogP) is 5.51. The molecule has 0 radical (unpaired) electrons. The summed E-state index contributed by atoms with van der Waals surface area (Å²) in [4.78, 5) is 28.8. The maximum atomic E-state index is 14.1. The summed E-state index contributed by atoms with van der Waals surface area (Å²) in [6.07, 6.45) is 7.70. The first-order valence-corrected chi connectivity index (χ1v) is 20.8. The number of halogens is 2. The molecule has 1 N–H and O–H groups in total. The van der Waals surface area contributed by atoms with Crippen LogP contribution in [0.15, 0.2) is 108 Å². The normalized spacial score (nSPS) is 12.2. The van der Waals surface area contributed by atoms with E-state index >= 15 is 0 Å². The van der Waals surface area contributed by atoms with Crippen LogP contribution in [0, 0.1) is 28.7 Å². The molecule has 6 aromatic rings. The van der Waals surface area contributed by atoms with E-state index in [0.29, 0.717) is 5.82 Å². The van der Waals surface area contributed by atoms with Gasteiger partial charge in [-0.2, -0.15) is 10.2 Å². The number of para-hydroxylation sites is 2. The van der Waals surface area contributed by atoms with Gasteiger partial charge >= 0.3 is 5.82 Å². The Morgan fingerprint density at radius 3 is 2.00 bits per heavy atom. The van der Waals surface area contributed by atoms with Crippen LogP contribution < -0.4 is 4.90 Å². The van der Waals surface area contributed by atoms with Gasteiger partial charge in [-0.05, 0) is 62.3 Å². The summed E-state index contributed by atoms with van der Waals surface area (Å²) in [6.45, 7) is 5.25. The first kappa shape index (κ1) is 43.6. The highest BCUT2D eigenvalue weighted by Gasteiger charge is 2.34. The number of aliphatic hydroxyl groups is 1. The maximum absolute atomic E-state index is 14.1. The van der Waals surface area contributed by atoms with Crippen molar-refractivity contribution in [1.29, 1.82) is 0 Å². The predicted molar refractivity (Wildman–Crippen MR) is 215 cm³/mol. The molecule has 20 heteroatoms. The van der Waals surface area contributed by atoms with Crippen LogP contribution >= 0.6 is 11.8 Å². The number of imidazole rings is 1. The third-order valence-corrected chi connectivity index (χ3v) is 11.8. The Bertz CT molecular complexity index is 2280. The van der Waals surface area contributed by atoms with Crippen molar-refractivity contribution in [2.24, 2.45) is 0 Å². The van der Waals surface area contributed by atoms with Crippen LogP contribution in [0.4, 0.5) is 26.0 Å². The number of fused-ring (bicyclic) bond motifs is 2. The van der Waals surface area contributed by atoms with Crippen molar-refractivity contribution in [3.8, 4) is 0 Å². The fourth-order valence-corrected chi connectivity index (χ4v) is 7.92. The number of sulfone groups is 1. The lowest BCUT2D eigenvalue weighted by Gasteiger charge is -2.33. The van der Waals surface area contributed by atoms with Crippen molar-refractivity contribution < 1.29 is 27.2 Å². The monoisotopic (exact) mass is 837 g/mol. The highest BCUT2D eigenvalue weighted by atomic mass is 32.2. The first-order chi connectivity index (χ1) is 27.7. The zero-order chi connectivity index (χ0) is 41.9. The van der Waals surface area contributed by atoms with Gasteiger partial charge in [0, 0.05) is 40.6 Å². The number of rotatable bonds is 14. The number of aromatic nitrogens is 8. The molecule has 7 rings (SSSR count). The van der Waals surface area contributed by atoms with Crippen LogP contribution in [0.25, 0.3) is 0 Å².